The highest BCUT2D eigenvalue weighted by atomic mass is 35.5. The highest BCUT2D eigenvalue weighted by Gasteiger charge is 2.09. The molecule has 3 rings (SSSR count). The van der Waals surface area contributed by atoms with E-state index in [0.717, 1.165) is 11.1 Å². The Balaban J connectivity index is 1.60. The van der Waals surface area contributed by atoms with Gasteiger partial charge in [0.25, 0.3) is 5.56 Å². The number of thioether (sulfide) groups is 1. The van der Waals surface area contributed by atoms with Crippen molar-refractivity contribution in [1.82, 2.24) is 15.3 Å². The molecule has 3 aromatic rings. The largest absolute Gasteiger partial charge is 0.352 e. The number of rotatable bonds is 7. The van der Waals surface area contributed by atoms with Gasteiger partial charge in [-0.15, -0.1) is 0 Å². The molecule has 7 heteroatoms. The van der Waals surface area contributed by atoms with Crippen LogP contribution in [-0.2, 0) is 23.5 Å². The van der Waals surface area contributed by atoms with Crippen molar-refractivity contribution >= 4 is 29.3 Å². The van der Waals surface area contributed by atoms with E-state index in [0.29, 0.717) is 28.2 Å². The third kappa shape index (κ3) is 5.98. The Labute approximate surface area is 166 Å². The molecule has 2 N–H and O–H groups in total. The highest BCUT2D eigenvalue weighted by Crippen LogP contribution is 2.23. The first-order valence-corrected chi connectivity index (χ1v) is 9.73. The molecule has 0 aliphatic carbocycles. The van der Waals surface area contributed by atoms with Crippen molar-refractivity contribution in [1.29, 1.82) is 0 Å². The topological polar surface area (TPSA) is 74.8 Å². The van der Waals surface area contributed by atoms with Crippen LogP contribution >= 0.6 is 23.4 Å². The molecular formula is C20H18ClN3O2S. The number of carbonyl (C=O) groups is 1. The van der Waals surface area contributed by atoms with E-state index in [1.807, 2.05) is 54.6 Å². The maximum Gasteiger partial charge on any atom is 0.251 e. The normalized spacial score (nSPS) is 10.6. The van der Waals surface area contributed by atoms with Gasteiger partial charge >= 0.3 is 0 Å². The first-order chi connectivity index (χ1) is 13.1. The van der Waals surface area contributed by atoms with Crippen molar-refractivity contribution in [3.05, 3.63) is 92.9 Å². The minimum Gasteiger partial charge on any atom is -0.352 e. The van der Waals surface area contributed by atoms with Crippen LogP contribution in [-0.4, -0.2) is 15.9 Å². The highest BCUT2D eigenvalue weighted by molar-refractivity contribution is 7.98. The van der Waals surface area contributed by atoms with E-state index in [4.69, 9.17) is 11.6 Å². The predicted octanol–water partition coefficient (Wildman–Crippen LogP) is 3.57. The molecule has 0 unspecified atom stereocenters. The van der Waals surface area contributed by atoms with Crippen molar-refractivity contribution in [2.75, 3.05) is 0 Å². The van der Waals surface area contributed by atoms with E-state index in [9.17, 15) is 9.59 Å². The minimum atomic E-state index is -0.280. The minimum absolute atomic E-state index is 0.0520. The second-order valence-electron chi connectivity index (χ2n) is 5.86. The molecule has 1 amide bonds. The lowest BCUT2D eigenvalue weighted by Crippen LogP contribution is -2.25. The summed E-state index contributed by atoms with van der Waals surface area (Å²) in [5.41, 5.74) is 2.13. The van der Waals surface area contributed by atoms with E-state index < -0.39 is 0 Å². The van der Waals surface area contributed by atoms with Gasteiger partial charge in [0, 0.05) is 23.4 Å². The van der Waals surface area contributed by atoms with Crippen molar-refractivity contribution in [3.63, 3.8) is 0 Å². The first-order valence-electron chi connectivity index (χ1n) is 8.37. The van der Waals surface area contributed by atoms with Crippen LogP contribution in [0.25, 0.3) is 0 Å². The molecular weight excluding hydrogens is 382 g/mol. The number of hydrogen-bond acceptors (Lipinski definition) is 4. The monoisotopic (exact) mass is 399 g/mol. The van der Waals surface area contributed by atoms with Crippen LogP contribution in [0.1, 0.15) is 16.8 Å². The maximum absolute atomic E-state index is 12.1. The molecule has 1 aromatic heterocycles. The van der Waals surface area contributed by atoms with Crippen LogP contribution in [0.2, 0.25) is 5.02 Å². The number of nitrogens with zero attached hydrogens (tertiary/aromatic N) is 1. The predicted molar refractivity (Wildman–Crippen MR) is 108 cm³/mol. The van der Waals surface area contributed by atoms with Crippen LogP contribution in [0.3, 0.4) is 0 Å². The van der Waals surface area contributed by atoms with Crippen LogP contribution in [0.5, 0.6) is 0 Å². The molecule has 0 atom stereocenters. The lowest BCUT2D eigenvalue weighted by Gasteiger charge is -2.07. The molecule has 0 aliphatic heterocycles. The smallest absolute Gasteiger partial charge is 0.251 e. The molecule has 138 valence electrons. The van der Waals surface area contributed by atoms with Gasteiger partial charge in [-0.25, -0.2) is 4.98 Å². The summed E-state index contributed by atoms with van der Waals surface area (Å²) >= 11 is 7.52. The standard InChI is InChI=1S/C20H18ClN3O2S/c21-17-9-5-4-8-15(17)13-27-20-23-16(11-19(26)24-20)10-18(25)22-12-14-6-2-1-3-7-14/h1-9,11H,10,12-13H2,(H,22,25)(H,23,24,26). The van der Waals surface area contributed by atoms with Gasteiger partial charge < -0.3 is 10.3 Å². The Morgan fingerprint density at radius 3 is 2.63 bits per heavy atom. The van der Waals surface area contributed by atoms with E-state index in [1.54, 1.807) is 0 Å². The average molecular weight is 400 g/mol. The Morgan fingerprint density at radius 2 is 1.85 bits per heavy atom. The maximum atomic E-state index is 12.1. The van der Waals surface area contributed by atoms with E-state index in [2.05, 4.69) is 15.3 Å². The third-order valence-electron chi connectivity index (χ3n) is 3.77. The number of nitrogens with one attached hydrogen (secondary N) is 2. The van der Waals surface area contributed by atoms with Crippen LogP contribution in [0.15, 0.2) is 70.6 Å². The Morgan fingerprint density at radius 1 is 1.11 bits per heavy atom. The third-order valence-corrected chi connectivity index (χ3v) is 5.06. The number of carbonyl (C=O) groups excluding carboxylic acids is 1. The van der Waals surface area contributed by atoms with Gasteiger partial charge in [-0.2, -0.15) is 0 Å². The van der Waals surface area contributed by atoms with Gasteiger partial charge in [-0.3, -0.25) is 9.59 Å². The number of H-pyrrole nitrogens is 1. The molecule has 0 fully saturated rings. The average Bonchev–Trinajstić information content (AvgIpc) is 2.66. The van der Waals surface area contributed by atoms with Crippen molar-refractivity contribution in [2.24, 2.45) is 0 Å². The molecule has 0 bridgehead atoms. The van der Waals surface area contributed by atoms with Gasteiger partial charge in [0.2, 0.25) is 5.91 Å². The molecule has 5 nitrogen and oxygen atoms in total. The molecule has 0 aliphatic rings. The second kappa shape index (κ2) is 9.39. The number of amides is 1. The van der Waals surface area contributed by atoms with Gasteiger partial charge in [0.05, 0.1) is 12.1 Å². The molecule has 0 saturated carbocycles. The quantitative estimate of drug-likeness (QED) is 0.470. The molecule has 0 radical (unpaired) electrons. The molecule has 0 spiro atoms. The van der Waals surface area contributed by atoms with Crippen LogP contribution in [0.4, 0.5) is 0 Å². The number of benzene rings is 2. The Kier molecular flexibility index (Phi) is 6.68. The van der Waals surface area contributed by atoms with Crippen molar-refractivity contribution in [3.8, 4) is 0 Å². The van der Waals surface area contributed by atoms with E-state index >= 15 is 0 Å². The number of aromatic nitrogens is 2. The summed E-state index contributed by atoms with van der Waals surface area (Å²) in [5.74, 6) is 0.394. The molecule has 0 saturated heterocycles. The lowest BCUT2D eigenvalue weighted by molar-refractivity contribution is -0.120. The summed E-state index contributed by atoms with van der Waals surface area (Å²) in [4.78, 5) is 31.1. The fraction of sp³-hybridized carbons (Fsp3) is 0.150. The SMILES string of the molecule is O=C(Cc1cc(=O)[nH]c(SCc2ccccc2Cl)n1)NCc1ccccc1. The second-order valence-corrected chi connectivity index (χ2v) is 7.23. The number of aromatic amines is 1. The zero-order valence-electron chi connectivity index (χ0n) is 14.4. The van der Waals surface area contributed by atoms with Crippen molar-refractivity contribution in [2.45, 2.75) is 23.9 Å². The zero-order valence-corrected chi connectivity index (χ0v) is 16.0. The summed E-state index contributed by atoms with van der Waals surface area (Å²) in [7, 11) is 0. The zero-order chi connectivity index (χ0) is 19.1. The molecule has 27 heavy (non-hydrogen) atoms. The molecule has 2 aromatic carbocycles. The fourth-order valence-electron chi connectivity index (χ4n) is 2.43. The summed E-state index contributed by atoms with van der Waals surface area (Å²) in [6.45, 7) is 0.441. The lowest BCUT2D eigenvalue weighted by atomic mass is 10.2. The van der Waals surface area contributed by atoms with Crippen LogP contribution < -0.4 is 10.9 Å². The van der Waals surface area contributed by atoms with Gasteiger partial charge in [-0.1, -0.05) is 71.9 Å². The number of halogens is 1. The first kappa shape index (κ1) is 19.2. The van der Waals surface area contributed by atoms with Gasteiger partial charge in [0.15, 0.2) is 5.16 Å². The summed E-state index contributed by atoms with van der Waals surface area (Å²) in [6.07, 6.45) is 0.0520. The summed E-state index contributed by atoms with van der Waals surface area (Å²) in [5, 5.41) is 3.97. The van der Waals surface area contributed by atoms with E-state index in [1.165, 1.54) is 17.8 Å². The van der Waals surface area contributed by atoms with E-state index in [-0.39, 0.29) is 17.9 Å². The summed E-state index contributed by atoms with van der Waals surface area (Å²) in [6, 6.07) is 18.5. The summed E-state index contributed by atoms with van der Waals surface area (Å²) < 4.78 is 0. The van der Waals surface area contributed by atoms with Gasteiger partial charge in [-0.05, 0) is 17.2 Å². The van der Waals surface area contributed by atoms with Gasteiger partial charge in [0.1, 0.15) is 0 Å². The molecule has 1 heterocycles. The number of hydrogen-bond donors (Lipinski definition) is 2. The Hall–Kier alpha value is -2.57. The fourth-order valence-corrected chi connectivity index (χ4v) is 3.61. The van der Waals surface area contributed by atoms with Crippen molar-refractivity contribution < 1.29 is 4.79 Å². The Bertz CT molecular complexity index is 976. The van der Waals surface area contributed by atoms with Crippen LogP contribution in [0, 0.1) is 0 Å².